The molecule has 90 valence electrons. The van der Waals surface area contributed by atoms with E-state index in [0.717, 1.165) is 25.9 Å². The summed E-state index contributed by atoms with van der Waals surface area (Å²) in [4.78, 5) is 26.2. The molecule has 2 rings (SSSR count). The number of urea groups is 1. The summed E-state index contributed by atoms with van der Waals surface area (Å²) < 4.78 is 5.10. The maximum atomic E-state index is 11.7. The normalized spacial score (nSPS) is 25.2. The number of unbranched alkanes of at least 4 members (excludes halogenated alkanes) is 1. The Morgan fingerprint density at radius 2 is 2.12 bits per heavy atom. The zero-order valence-corrected chi connectivity index (χ0v) is 9.65. The van der Waals surface area contributed by atoms with Crippen LogP contribution in [0.4, 0.5) is 4.79 Å². The highest BCUT2D eigenvalue weighted by atomic mass is 16.6. The lowest BCUT2D eigenvalue weighted by Gasteiger charge is -2.31. The molecule has 1 atom stereocenters. The first-order chi connectivity index (χ1) is 7.68. The fourth-order valence-electron chi connectivity index (χ4n) is 1.90. The second kappa shape index (κ2) is 4.82. The van der Waals surface area contributed by atoms with Gasteiger partial charge < -0.3 is 9.64 Å². The Labute approximate surface area is 95.3 Å². The molecule has 0 aromatic carbocycles. The van der Waals surface area contributed by atoms with E-state index in [1.54, 1.807) is 11.9 Å². The fraction of sp³-hybridized carbons (Fsp3) is 0.818. The molecular formula is C11H18N2O3. The zero-order valence-electron chi connectivity index (χ0n) is 9.65. The molecule has 2 heterocycles. The van der Waals surface area contributed by atoms with E-state index < -0.39 is 0 Å². The van der Waals surface area contributed by atoms with Gasteiger partial charge >= 0.3 is 6.03 Å². The van der Waals surface area contributed by atoms with Crippen LogP contribution in [-0.2, 0) is 9.53 Å². The summed E-state index contributed by atoms with van der Waals surface area (Å²) in [6.07, 6.45) is 3.84. The van der Waals surface area contributed by atoms with E-state index in [1.807, 2.05) is 0 Å². The van der Waals surface area contributed by atoms with E-state index >= 15 is 0 Å². The molecular weight excluding hydrogens is 208 g/mol. The van der Waals surface area contributed by atoms with Gasteiger partial charge in [0.25, 0.3) is 0 Å². The molecule has 0 aromatic rings. The average molecular weight is 226 g/mol. The molecule has 0 radical (unpaired) electrons. The van der Waals surface area contributed by atoms with Gasteiger partial charge in [0.2, 0.25) is 5.91 Å². The van der Waals surface area contributed by atoms with E-state index in [1.165, 1.54) is 4.90 Å². The summed E-state index contributed by atoms with van der Waals surface area (Å²) in [5.41, 5.74) is 0. The minimum atomic E-state index is -0.154. The molecule has 3 amide bonds. The molecule has 0 bridgehead atoms. The van der Waals surface area contributed by atoms with E-state index in [4.69, 9.17) is 4.74 Å². The van der Waals surface area contributed by atoms with Crippen LogP contribution in [0, 0.1) is 0 Å². The fourth-order valence-corrected chi connectivity index (χ4v) is 1.90. The summed E-state index contributed by atoms with van der Waals surface area (Å²) in [5, 5.41) is 0. The van der Waals surface area contributed by atoms with Crippen molar-refractivity contribution in [3.63, 3.8) is 0 Å². The summed E-state index contributed by atoms with van der Waals surface area (Å²) in [7, 11) is 1.74. The third-order valence-corrected chi connectivity index (χ3v) is 3.08. The van der Waals surface area contributed by atoms with Crippen LogP contribution >= 0.6 is 0 Å². The standard InChI is InChI=1S/C11H18N2O3/c1-12-7-5-10(14)13(11(12)15)6-3-2-4-9-8-16-9/h9H,2-8H2,1H3. The molecule has 0 spiro atoms. The highest BCUT2D eigenvalue weighted by Gasteiger charge is 2.29. The van der Waals surface area contributed by atoms with Gasteiger partial charge in [-0.25, -0.2) is 4.79 Å². The Balaban J connectivity index is 1.72. The monoisotopic (exact) mass is 226 g/mol. The lowest BCUT2D eigenvalue weighted by molar-refractivity contribution is -0.130. The number of imide groups is 1. The van der Waals surface area contributed by atoms with Crippen LogP contribution in [0.2, 0.25) is 0 Å². The van der Waals surface area contributed by atoms with Gasteiger partial charge in [-0.15, -0.1) is 0 Å². The second-order valence-corrected chi connectivity index (χ2v) is 4.45. The first-order valence-electron chi connectivity index (χ1n) is 5.85. The second-order valence-electron chi connectivity index (χ2n) is 4.45. The maximum Gasteiger partial charge on any atom is 0.326 e. The Kier molecular flexibility index (Phi) is 3.43. The smallest absolute Gasteiger partial charge is 0.326 e. The number of nitrogens with zero attached hydrogens (tertiary/aromatic N) is 2. The molecule has 2 fully saturated rings. The number of ether oxygens (including phenoxy) is 1. The Morgan fingerprint density at radius 3 is 2.81 bits per heavy atom. The molecule has 0 aliphatic carbocycles. The number of amides is 3. The predicted octanol–water partition coefficient (Wildman–Crippen LogP) is 0.840. The first-order valence-corrected chi connectivity index (χ1v) is 5.85. The van der Waals surface area contributed by atoms with Crippen molar-refractivity contribution in [1.29, 1.82) is 0 Å². The predicted molar refractivity (Wildman–Crippen MR) is 57.9 cm³/mol. The molecule has 5 nitrogen and oxygen atoms in total. The van der Waals surface area contributed by atoms with Crippen LogP contribution in [0.15, 0.2) is 0 Å². The van der Waals surface area contributed by atoms with E-state index in [2.05, 4.69) is 0 Å². The van der Waals surface area contributed by atoms with Crippen molar-refractivity contribution < 1.29 is 14.3 Å². The SMILES string of the molecule is CN1CCC(=O)N(CCCCC2CO2)C1=O. The van der Waals surface area contributed by atoms with Crippen LogP contribution in [0.5, 0.6) is 0 Å². The molecule has 1 unspecified atom stereocenters. The average Bonchev–Trinajstić information content (AvgIpc) is 3.07. The van der Waals surface area contributed by atoms with Crippen molar-refractivity contribution in [1.82, 2.24) is 9.80 Å². The molecule has 2 saturated heterocycles. The van der Waals surface area contributed by atoms with Crippen LogP contribution in [0.3, 0.4) is 0 Å². The number of hydrogen-bond donors (Lipinski definition) is 0. The van der Waals surface area contributed by atoms with Gasteiger partial charge in [0.15, 0.2) is 0 Å². The quantitative estimate of drug-likeness (QED) is 0.515. The Bertz CT molecular complexity index is 289. The van der Waals surface area contributed by atoms with Crippen LogP contribution < -0.4 is 0 Å². The Hall–Kier alpha value is -1.10. The molecule has 5 heteroatoms. The van der Waals surface area contributed by atoms with Gasteiger partial charge in [-0.1, -0.05) is 0 Å². The summed E-state index contributed by atoms with van der Waals surface area (Å²) >= 11 is 0. The molecule has 0 aromatic heterocycles. The Morgan fingerprint density at radius 1 is 1.38 bits per heavy atom. The summed E-state index contributed by atoms with van der Waals surface area (Å²) in [6.45, 7) is 1.98. The van der Waals surface area contributed by atoms with Crippen LogP contribution in [0.1, 0.15) is 25.7 Å². The minimum Gasteiger partial charge on any atom is -0.373 e. The number of carbonyl (C=O) groups is 2. The van der Waals surface area contributed by atoms with Gasteiger partial charge in [-0.3, -0.25) is 9.69 Å². The molecule has 0 N–H and O–H groups in total. The topological polar surface area (TPSA) is 53.2 Å². The van der Waals surface area contributed by atoms with Crippen molar-refractivity contribution in [2.75, 3.05) is 26.7 Å². The lowest BCUT2D eigenvalue weighted by Crippen LogP contribution is -2.50. The van der Waals surface area contributed by atoms with Gasteiger partial charge in [0, 0.05) is 26.6 Å². The van der Waals surface area contributed by atoms with E-state index in [0.29, 0.717) is 25.6 Å². The maximum absolute atomic E-state index is 11.7. The minimum absolute atomic E-state index is 0.0363. The van der Waals surface area contributed by atoms with Crippen molar-refractivity contribution in [2.24, 2.45) is 0 Å². The first kappa shape index (κ1) is 11.4. The molecule has 0 saturated carbocycles. The molecule has 2 aliphatic heterocycles. The van der Waals surface area contributed by atoms with Gasteiger partial charge in [0.05, 0.1) is 12.7 Å². The van der Waals surface area contributed by atoms with Crippen LogP contribution in [-0.4, -0.2) is 54.6 Å². The zero-order chi connectivity index (χ0) is 11.5. The molecule has 2 aliphatic rings. The lowest BCUT2D eigenvalue weighted by atomic mass is 10.2. The summed E-state index contributed by atoms with van der Waals surface area (Å²) in [6, 6.07) is -0.154. The van der Waals surface area contributed by atoms with Gasteiger partial charge in [0.1, 0.15) is 0 Å². The van der Waals surface area contributed by atoms with Crippen molar-refractivity contribution in [3.8, 4) is 0 Å². The van der Waals surface area contributed by atoms with Crippen molar-refractivity contribution in [3.05, 3.63) is 0 Å². The molecule has 16 heavy (non-hydrogen) atoms. The third kappa shape index (κ3) is 2.72. The van der Waals surface area contributed by atoms with Crippen molar-refractivity contribution in [2.45, 2.75) is 31.8 Å². The highest BCUT2D eigenvalue weighted by Crippen LogP contribution is 2.17. The third-order valence-electron chi connectivity index (χ3n) is 3.08. The number of carbonyl (C=O) groups excluding carboxylic acids is 2. The van der Waals surface area contributed by atoms with Crippen molar-refractivity contribution >= 4 is 11.9 Å². The van der Waals surface area contributed by atoms with Gasteiger partial charge in [-0.05, 0) is 19.3 Å². The van der Waals surface area contributed by atoms with E-state index in [-0.39, 0.29) is 11.9 Å². The summed E-state index contributed by atoms with van der Waals surface area (Å²) in [5.74, 6) is -0.0363. The number of hydrogen-bond acceptors (Lipinski definition) is 3. The highest BCUT2D eigenvalue weighted by molar-refractivity contribution is 5.96. The number of epoxide rings is 1. The largest absolute Gasteiger partial charge is 0.373 e. The van der Waals surface area contributed by atoms with Crippen LogP contribution in [0.25, 0.3) is 0 Å². The van der Waals surface area contributed by atoms with Gasteiger partial charge in [-0.2, -0.15) is 0 Å². The van der Waals surface area contributed by atoms with E-state index in [9.17, 15) is 9.59 Å². The number of rotatable bonds is 5.